The molecule has 2 aromatic rings. The van der Waals surface area contributed by atoms with Gasteiger partial charge in [-0.25, -0.2) is 14.4 Å². The highest BCUT2D eigenvalue weighted by Gasteiger charge is 2.35. The summed E-state index contributed by atoms with van der Waals surface area (Å²) in [5.41, 5.74) is 2.79. The fourth-order valence-electron chi connectivity index (χ4n) is 3.48. The van der Waals surface area contributed by atoms with Crippen LogP contribution in [-0.2, 0) is 9.53 Å². The molecular weight excluding hydrogens is 432 g/mol. The van der Waals surface area contributed by atoms with Crippen molar-refractivity contribution in [3.8, 4) is 0 Å². The van der Waals surface area contributed by atoms with Crippen molar-refractivity contribution in [3.63, 3.8) is 0 Å². The van der Waals surface area contributed by atoms with Gasteiger partial charge in [0.2, 0.25) is 0 Å². The number of carbonyl (C=O) groups is 3. The smallest absolute Gasteiger partial charge is 0.337 e. The molecule has 1 aliphatic rings. The number of allylic oxidation sites excluding steroid dienone is 1. The van der Waals surface area contributed by atoms with Crippen molar-refractivity contribution in [1.82, 2.24) is 10.2 Å². The van der Waals surface area contributed by atoms with E-state index >= 15 is 0 Å². The van der Waals surface area contributed by atoms with E-state index in [1.165, 1.54) is 7.11 Å². The van der Waals surface area contributed by atoms with Crippen LogP contribution in [0.4, 0.5) is 21.0 Å². The van der Waals surface area contributed by atoms with Crippen LogP contribution in [0.1, 0.15) is 31.9 Å². The van der Waals surface area contributed by atoms with E-state index in [9.17, 15) is 14.4 Å². The van der Waals surface area contributed by atoms with Crippen LogP contribution >= 0.6 is 11.6 Å². The van der Waals surface area contributed by atoms with Crippen LogP contribution in [0.15, 0.2) is 59.8 Å². The number of hydrogen-bond acceptors (Lipinski definition) is 4. The number of benzene rings is 2. The molecule has 0 saturated carbocycles. The molecule has 3 N–H and O–H groups in total. The van der Waals surface area contributed by atoms with Crippen molar-refractivity contribution >= 4 is 41.0 Å². The van der Waals surface area contributed by atoms with Crippen molar-refractivity contribution in [1.29, 1.82) is 0 Å². The van der Waals surface area contributed by atoms with E-state index in [-0.39, 0.29) is 6.03 Å². The number of hydrogen-bond donors (Lipinski definition) is 3. The van der Waals surface area contributed by atoms with Crippen LogP contribution in [0.2, 0.25) is 5.02 Å². The lowest BCUT2D eigenvalue weighted by Crippen LogP contribution is -2.48. The molecule has 1 atom stereocenters. The molecule has 32 heavy (non-hydrogen) atoms. The Balaban J connectivity index is 1.77. The number of anilines is 2. The molecule has 0 aliphatic carbocycles. The SMILES string of the molecule is CCCN1C(=O)N[C@H](c2ccc(NC(=O)Nc3ccc(Cl)cc3)cc2)C(C(=O)OC)=C1C. The van der Waals surface area contributed by atoms with E-state index in [1.54, 1.807) is 60.4 Å². The third-order valence-corrected chi connectivity index (χ3v) is 5.30. The first kappa shape index (κ1) is 23.1. The van der Waals surface area contributed by atoms with E-state index in [2.05, 4.69) is 16.0 Å². The number of amides is 4. The van der Waals surface area contributed by atoms with Gasteiger partial charge in [0.1, 0.15) is 0 Å². The number of rotatable bonds is 6. The Morgan fingerprint density at radius 2 is 1.62 bits per heavy atom. The highest BCUT2D eigenvalue weighted by atomic mass is 35.5. The molecule has 4 amide bonds. The molecule has 0 radical (unpaired) electrons. The summed E-state index contributed by atoms with van der Waals surface area (Å²) in [5.74, 6) is -0.502. The van der Waals surface area contributed by atoms with Gasteiger partial charge in [-0.15, -0.1) is 0 Å². The van der Waals surface area contributed by atoms with Crippen LogP contribution in [0.3, 0.4) is 0 Å². The first-order valence-electron chi connectivity index (χ1n) is 10.1. The Labute approximate surface area is 191 Å². The lowest BCUT2D eigenvalue weighted by molar-refractivity contribution is -0.136. The molecule has 1 heterocycles. The minimum absolute atomic E-state index is 0.272. The van der Waals surface area contributed by atoms with Crippen LogP contribution < -0.4 is 16.0 Å². The van der Waals surface area contributed by atoms with Gasteiger partial charge >= 0.3 is 18.0 Å². The zero-order valence-electron chi connectivity index (χ0n) is 18.1. The van der Waals surface area contributed by atoms with E-state index in [0.717, 1.165) is 6.42 Å². The number of nitrogens with zero attached hydrogens (tertiary/aromatic N) is 1. The molecule has 2 aromatic carbocycles. The third kappa shape index (κ3) is 5.20. The molecule has 0 bridgehead atoms. The third-order valence-electron chi connectivity index (χ3n) is 5.05. The predicted molar refractivity (Wildman–Crippen MR) is 124 cm³/mol. The van der Waals surface area contributed by atoms with Gasteiger partial charge in [-0.05, 0) is 55.3 Å². The van der Waals surface area contributed by atoms with E-state index in [4.69, 9.17) is 16.3 Å². The zero-order valence-corrected chi connectivity index (χ0v) is 18.8. The standard InChI is InChI=1S/C23H25ClN4O4/c1-4-13-28-14(2)19(21(29)32-3)20(27-23(28)31)15-5-9-17(10-6-15)25-22(30)26-18-11-7-16(24)8-12-18/h5-12,20H,4,13H2,1-3H3,(H,27,31)(H2,25,26,30)/t20-/m1/s1. The quantitative estimate of drug-likeness (QED) is 0.538. The summed E-state index contributed by atoms with van der Waals surface area (Å²) in [4.78, 5) is 38.9. The average Bonchev–Trinajstić information content (AvgIpc) is 2.78. The summed E-state index contributed by atoms with van der Waals surface area (Å²) >= 11 is 5.85. The first-order chi connectivity index (χ1) is 15.3. The van der Waals surface area contributed by atoms with E-state index < -0.39 is 18.0 Å². The normalized spacial score (nSPS) is 15.8. The summed E-state index contributed by atoms with van der Waals surface area (Å²) in [5, 5.41) is 8.91. The van der Waals surface area contributed by atoms with Gasteiger partial charge in [0, 0.05) is 28.6 Å². The maximum atomic E-state index is 12.6. The van der Waals surface area contributed by atoms with Crippen LogP contribution in [-0.4, -0.2) is 36.6 Å². The molecule has 8 nitrogen and oxygen atoms in total. The highest BCUT2D eigenvalue weighted by Crippen LogP contribution is 2.32. The first-order valence-corrected chi connectivity index (χ1v) is 10.5. The molecular formula is C23H25ClN4O4. The molecule has 1 aliphatic heterocycles. The summed E-state index contributed by atoms with van der Waals surface area (Å²) < 4.78 is 4.97. The van der Waals surface area contributed by atoms with Gasteiger partial charge in [-0.2, -0.15) is 0 Å². The predicted octanol–water partition coefficient (Wildman–Crippen LogP) is 4.91. The van der Waals surface area contributed by atoms with Crippen LogP contribution in [0.25, 0.3) is 0 Å². The molecule has 0 saturated heterocycles. The number of urea groups is 2. The van der Waals surface area contributed by atoms with Crippen molar-refractivity contribution in [2.75, 3.05) is 24.3 Å². The summed E-state index contributed by atoms with van der Waals surface area (Å²) in [6.45, 7) is 4.19. The van der Waals surface area contributed by atoms with Crippen molar-refractivity contribution in [3.05, 3.63) is 70.4 Å². The second kappa shape index (κ2) is 10.2. The Morgan fingerprint density at radius 1 is 1.06 bits per heavy atom. The fraction of sp³-hybridized carbons (Fsp3) is 0.261. The number of halogens is 1. The van der Waals surface area contributed by atoms with Gasteiger partial charge in [0.15, 0.2) is 0 Å². The lowest BCUT2D eigenvalue weighted by atomic mass is 9.94. The number of carbonyl (C=O) groups excluding carboxylic acids is 3. The summed E-state index contributed by atoms with van der Waals surface area (Å²) in [7, 11) is 1.31. The molecule has 0 aromatic heterocycles. The van der Waals surface area contributed by atoms with Gasteiger partial charge < -0.3 is 20.7 Å². The Hall–Kier alpha value is -3.52. The topological polar surface area (TPSA) is 99.8 Å². The van der Waals surface area contributed by atoms with Crippen molar-refractivity contribution < 1.29 is 19.1 Å². The highest BCUT2D eigenvalue weighted by molar-refractivity contribution is 6.30. The Bertz CT molecular complexity index is 1030. The number of nitrogens with one attached hydrogen (secondary N) is 3. The molecule has 0 fully saturated rings. The monoisotopic (exact) mass is 456 g/mol. The molecule has 3 rings (SSSR count). The number of ether oxygens (including phenoxy) is 1. The van der Waals surface area contributed by atoms with Gasteiger partial charge in [-0.3, -0.25) is 4.90 Å². The Morgan fingerprint density at radius 3 is 2.16 bits per heavy atom. The summed E-state index contributed by atoms with van der Waals surface area (Å²) in [6, 6.07) is 12.3. The van der Waals surface area contributed by atoms with E-state index in [0.29, 0.717) is 39.8 Å². The van der Waals surface area contributed by atoms with Gasteiger partial charge in [0.25, 0.3) is 0 Å². The van der Waals surface area contributed by atoms with Gasteiger partial charge in [0.05, 0.1) is 18.7 Å². The van der Waals surface area contributed by atoms with Crippen LogP contribution in [0, 0.1) is 0 Å². The maximum Gasteiger partial charge on any atom is 0.337 e. The second-order valence-corrected chi connectivity index (χ2v) is 7.67. The molecule has 9 heteroatoms. The van der Waals surface area contributed by atoms with Crippen molar-refractivity contribution in [2.45, 2.75) is 26.3 Å². The second-order valence-electron chi connectivity index (χ2n) is 7.23. The Kier molecular flexibility index (Phi) is 7.37. The number of esters is 1. The molecule has 168 valence electrons. The maximum absolute atomic E-state index is 12.6. The van der Waals surface area contributed by atoms with Crippen molar-refractivity contribution in [2.24, 2.45) is 0 Å². The molecule has 0 unspecified atom stereocenters. The lowest BCUT2D eigenvalue weighted by Gasteiger charge is -2.35. The minimum Gasteiger partial charge on any atom is -0.466 e. The zero-order chi connectivity index (χ0) is 23.3. The van der Waals surface area contributed by atoms with E-state index in [1.807, 2.05) is 6.92 Å². The molecule has 0 spiro atoms. The fourth-order valence-corrected chi connectivity index (χ4v) is 3.61. The largest absolute Gasteiger partial charge is 0.466 e. The minimum atomic E-state index is -0.653. The average molecular weight is 457 g/mol. The van der Waals surface area contributed by atoms with Gasteiger partial charge in [-0.1, -0.05) is 30.7 Å². The summed E-state index contributed by atoms with van der Waals surface area (Å²) in [6.07, 6.45) is 0.752. The van der Waals surface area contributed by atoms with Crippen LogP contribution in [0.5, 0.6) is 0 Å². The number of methoxy groups -OCH3 is 1.